The Bertz CT molecular complexity index is 1430. The van der Waals surface area contributed by atoms with Crippen molar-refractivity contribution in [1.29, 1.82) is 0 Å². The number of allylic oxidation sites excluding steroid dienone is 1. The molecule has 4 rings (SSSR count). The highest BCUT2D eigenvalue weighted by Crippen LogP contribution is 2.38. The molecule has 3 atom stereocenters. The van der Waals surface area contributed by atoms with Gasteiger partial charge in [-0.1, -0.05) is 24.3 Å². The third-order valence-corrected chi connectivity index (χ3v) is 10.5. The van der Waals surface area contributed by atoms with Crippen molar-refractivity contribution in [3.8, 4) is 11.5 Å². The van der Waals surface area contributed by atoms with Gasteiger partial charge in [0.1, 0.15) is 17.3 Å². The Morgan fingerprint density at radius 2 is 1.44 bits per heavy atom. The van der Waals surface area contributed by atoms with Gasteiger partial charge in [-0.15, -0.1) is 0 Å². The Balaban J connectivity index is 1.64. The van der Waals surface area contributed by atoms with E-state index in [-0.39, 0.29) is 37.9 Å². The first kappa shape index (κ1) is 33.1. The zero-order chi connectivity index (χ0) is 31.4. The van der Waals surface area contributed by atoms with E-state index in [9.17, 15) is 30.0 Å². The van der Waals surface area contributed by atoms with Crippen molar-refractivity contribution >= 4 is 20.3 Å². The minimum atomic E-state index is -5.81. The van der Waals surface area contributed by atoms with Gasteiger partial charge in [0, 0.05) is 44.6 Å². The average molecular weight is 649 g/mol. The first-order chi connectivity index (χ1) is 20.2. The molecule has 238 valence electrons. The molecule has 2 unspecified atom stereocenters. The number of benzene rings is 2. The fourth-order valence-corrected chi connectivity index (χ4v) is 7.26. The summed E-state index contributed by atoms with van der Waals surface area (Å²) in [6.07, 6.45) is 2.10. The summed E-state index contributed by atoms with van der Waals surface area (Å²) in [7, 11) is -6.97. The molecular formula is C28H35F3N2O8S2. The quantitative estimate of drug-likeness (QED) is 0.216. The van der Waals surface area contributed by atoms with Crippen LogP contribution in [0.15, 0.2) is 60.4 Å². The molecule has 43 heavy (non-hydrogen) atoms. The van der Waals surface area contributed by atoms with E-state index in [0.29, 0.717) is 35.7 Å². The molecular weight excluding hydrogens is 613 g/mol. The van der Waals surface area contributed by atoms with E-state index < -0.39 is 37.8 Å². The van der Waals surface area contributed by atoms with E-state index in [2.05, 4.69) is 4.18 Å². The van der Waals surface area contributed by atoms with Crippen LogP contribution in [0.4, 0.5) is 13.2 Å². The van der Waals surface area contributed by atoms with Crippen LogP contribution in [0.5, 0.6) is 11.5 Å². The van der Waals surface area contributed by atoms with Gasteiger partial charge in [0.25, 0.3) is 10.2 Å². The van der Waals surface area contributed by atoms with Gasteiger partial charge in [0.05, 0.1) is 20.3 Å². The molecule has 2 aromatic carbocycles. The van der Waals surface area contributed by atoms with Gasteiger partial charge in [-0.3, -0.25) is 0 Å². The summed E-state index contributed by atoms with van der Waals surface area (Å²) in [4.78, 5) is 0. The molecule has 15 heteroatoms. The summed E-state index contributed by atoms with van der Waals surface area (Å²) < 4.78 is 113. The lowest BCUT2D eigenvalue weighted by Gasteiger charge is -2.40. The van der Waals surface area contributed by atoms with Gasteiger partial charge in [0.15, 0.2) is 0 Å². The largest absolute Gasteiger partial charge is 0.534 e. The molecule has 0 radical (unpaired) electrons. The summed E-state index contributed by atoms with van der Waals surface area (Å²) in [5, 5.41) is 0. The maximum atomic E-state index is 14.5. The Kier molecular flexibility index (Phi) is 10.3. The maximum absolute atomic E-state index is 14.5. The summed E-state index contributed by atoms with van der Waals surface area (Å²) in [5.41, 5.74) is -4.15. The van der Waals surface area contributed by atoms with Crippen LogP contribution in [0.3, 0.4) is 0 Å². The molecule has 1 fully saturated rings. The van der Waals surface area contributed by atoms with Crippen LogP contribution in [-0.2, 0) is 42.3 Å². The van der Waals surface area contributed by atoms with Crippen molar-refractivity contribution in [2.24, 2.45) is 5.92 Å². The normalized spacial score (nSPS) is 20.0. The van der Waals surface area contributed by atoms with Crippen LogP contribution < -0.4 is 9.47 Å². The smallest absolute Gasteiger partial charge is 0.497 e. The molecule has 1 heterocycles. The van der Waals surface area contributed by atoms with Crippen LogP contribution in [0, 0.1) is 5.92 Å². The predicted molar refractivity (Wildman–Crippen MR) is 152 cm³/mol. The lowest BCUT2D eigenvalue weighted by atomic mass is 9.87. The first-order valence-corrected chi connectivity index (χ1v) is 16.4. The molecule has 2 aliphatic rings. The SMILES string of the molecule is COc1ccc(CN(Cc2ccc(OC)cc2)S(=O)(=O)N(CC2CCCO2)[C@@H](C)C2C=C(OS(=O)(=O)C(F)(F)F)C2)cc1. The van der Waals surface area contributed by atoms with E-state index in [1.165, 1.54) is 28.9 Å². The van der Waals surface area contributed by atoms with Crippen molar-refractivity contribution in [3.63, 3.8) is 0 Å². The number of alkyl halides is 3. The molecule has 0 spiro atoms. The molecule has 0 aromatic heterocycles. The number of rotatable bonds is 14. The Morgan fingerprint density at radius 1 is 0.930 bits per heavy atom. The monoisotopic (exact) mass is 648 g/mol. The van der Waals surface area contributed by atoms with E-state index >= 15 is 0 Å². The number of methoxy groups -OCH3 is 2. The summed E-state index contributed by atoms with van der Waals surface area (Å²) in [6.45, 7) is 2.19. The Hall–Kier alpha value is -2.85. The average Bonchev–Trinajstić information content (AvgIpc) is 3.46. The summed E-state index contributed by atoms with van der Waals surface area (Å²) in [5.74, 6) is 0.268. The molecule has 1 saturated heterocycles. The zero-order valence-corrected chi connectivity index (χ0v) is 25.6. The fraction of sp³-hybridized carbons (Fsp3) is 0.500. The fourth-order valence-electron chi connectivity index (χ4n) is 4.91. The lowest BCUT2D eigenvalue weighted by molar-refractivity contribution is -0.0528. The van der Waals surface area contributed by atoms with E-state index in [1.807, 2.05) is 0 Å². The second kappa shape index (κ2) is 13.4. The second-order valence-electron chi connectivity index (χ2n) is 10.4. The Morgan fingerprint density at radius 3 is 1.86 bits per heavy atom. The van der Waals surface area contributed by atoms with Gasteiger partial charge in [-0.2, -0.15) is 38.6 Å². The van der Waals surface area contributed by atoms with Gasteiger partial charge in [-0.25, -0.2) is 0 Å². The van der Waals surface area contributed by atoms with Gasteiger partial charge in [0.2, 0.25) is 0 Å². The molecule has 10 nitrogen and oxygen atoms in total. The number of nitrogens with zero attached hydrogens (tertiary/aromatic N) is 2. The Labute approximate surface area is 250 Å². The maximum Gasteiger partial charge on any atom is 0.534 e. The number of halogens is 3. The molecule has 0 bridgehead atoms. The van der Waals surface area contributed by atoms with Crippen molar-refractivity contribution in [1.82, 2.24) is 8.61 Å². The highest BCUT2D eigenvalue weighted by molar-refractivity contribution is 7.87. The van der Waals surface area contributed by atoms with Crippen molar-refractivity contribution < 1.29 is 48.4 Å². The van der Waals surface area contributed by atoms with Crippen LogP contribution in [-0.4, -0.2) is 70.5 Å². The first-order valence-electron chi connectivity index (χ1n) is 13.6. The zero-order valence-electron chi connectivity index (χ0n) is 24.0. The van der Waals surface area contributed by atoms with Crippen LogP contribution >= 0.6 is 0 Å². The molecule has 1 aliphatic carbocycles. The van der Waals surface area contributed by atoms with E-state index in [1.54, 1.807) is 55.5 Å². The summed E-state index contributed by atoms with van der Waals surface area (Å²) >= 11 is 0. The second-order valence-corrected chi connectivity index (χ2v) is 13.8. The van der Waals surface area contributed by atoms with Crippen molar-refractivity contribution in [2.75, 3.05) is 27.4 Å². The van der Waals surface area contributed by atoms with Gasteiger partial charge >= 0.3 is 15.6 Å². The minimum Gasteiger partial charge on any atom is -0.497 e. The van der Waals surface area contributed by atoms with Gasteiger partial charge in [-0.05, 0) is 61.2 Å². The minimum absolute atomic E-state index is 0.0196. The van der Waals surface area contributed by atoms with Crippen molar-refractivity contribution in [3.05, 3.63) is 71.5 Å². The van der Waals surface area contributed by atoms with E-state index in [0.717, 1.165) is 6.42 Å². The number of hydrogen-bond acceptors (Lipinski definition) is 8. The van der Waals surface area contributed by atoms with Crippen molar-refractivity contribution in [2.45, 2.75) is 56.9 Å². The highest BCUT2D eigenvalue weighted by atomic mass is 32.2. The third kappa shape index (κ3) is 8.01. The number of hydrogen-bond donors (Lipinski definition) is 0. The molecule has 0 amide bonds. The van der Waals surface area contributed by atoms with Gasteiger partial charge < -0.3 is 18.4 Å². The van der Waals surface area contributed by atoms with Crippen LogP contribution in [0.1, 0.15) is 37.3 Å². The van der Waals surface area contributed by atoms with E-state index in [4.69, 9.17) is 14.2 Å². The molecule has 0 saturated carbocycles. The third-order valence-electron chi connectivity index (χ3n) is 7.48. The molecule has 0 N–H and O–H groups in total. The summed E-state index contributed by atoms with van der Waals surface area (Å²) in [6, 6.07) is 13.2. The standard InChI is InChI=1S/C28H35F3N2O8S2/c1-20(23-15-27(16-23)41-42(34,35)28(29,30)31)33(19-26-5-4-14-40-26)43(36,37)32(17-21-6-10-24(38-2)11-7-21)18-22-8-12-25(39-3)13-9-22/h6-13,15,20,23,26H,4-5,14,16-19H2,1-3H3/t20-,23?,26?/m0/s1. The molecule has 2 aromatic rings. The van der Waals surface area contributed by atoms with Crippen LogP contribution in [0.25, 0.3) is 0 Å². The lowest BCUT2D eigenvalue weighted by Crippen LogP contribution is -2.52. The van der Waals surface area contributed by atoms with Crippen LogP contribution in [0.2, 0.25) is 0 Å². The molecule has 1 aliphatic heterocycles. The predicted octanol–water partition coefficient (Wildman–Crippen LogP) is 4.59. The highest BCUT2D eigenvalue weighted by Gasteiger charge is 2.50. The number of ether oxygens (including phenoxy) is 3. The topological polar surface area (TPSA) is 112 Å².